The summed E-state index contributed by atoms with van der Waals surface area (Å²) in [6.07, 6.45) is 21.3. The lowest BCUT2D eigenvalue weighted by Crippen LogP contribution is -2.54. The van der Waals surface area contributed by atoms with E-state index in [-0.39, 0.29) is 113 Å². The van der Waals surface area contributed by atoms with Gasteiger partial charge in [-0.3, -0.25) is 62.3 Å². The van der Waals surface area contributed by atoms with Crippen molar-refractivity contribution < 1.29 is 67.4 Å². The molecule has 0 saturated heterocycles. The average molecular weight is 1380 g/mol. The Hall–Kier alpha value is -6.93. The molecule has 27 nitrogen and oxygen atoms in total. The van der Waals surface area contributed by atoms with E-state index in [2.05, 4.69) is 63.8 Å². The van der Waals surface area contributed by atoms with Crippen molar-refractivity contribution in [3.05, 3.63) is 0 Å². The molecule has 27 heteroatoms. The first-order valence-electron chi connectivity index (χ1n) is 38.2. The number of carbonyl (C=O) groups excluding carboxylic acids is 13. The number of rotatable bonds is 26. The van der Waals surface area contributed by atoms with Gasteiger partial charge in [0, 0.05) is 79.8 Å². The molecule has 0 aromatic heterocycles. The third-order valence-electron chi connectivity index (χ3n) is 25.1. The highest BCUT2D eigenvalue weighted by Gasteiger charge is 2.48. The highest BCUT2D eigenvalue weighted by atomic mass is 16.3. The maximum absolute atomic E-state index is 14.2. The normalized spacial score (nSPS) is 36.5. The molecule has 11 aliphatic carbocycles. The van der Waals surface area contributed by atoms with Gasteiger partial charge in [0.2, 0.25) is 76.8 Å². The van der Waals surface area contributed by atoms with Crippen molar-refractivity contribution in [2.24, 2.45) is 70.8 Å². The summed E-state index contributed by atoms with van der Waals surface area (Å²) in [4.78, 5) is 176. The van der Waals surface area contributed by atoms with Crippen molar-refractivity contribution in [3.63, 3.8) is 0 Å². The van der Waals surface area contributed by atoms with E-state index in [1.54, 1.807) is 0 Å². The fourth-order valence-corrected chi connectivity index (χ4v) is 19.8. The Labute approximate surface area is 580 Å². The summed E-state index contributed by atoms with van der Waals surface area (Å²) in [6.45, 7) is 0.924. The van der Waals surface area contributed by atoms with Crippen LogP contribution in [0.1, 0.15) is 225 Å². The molecule has 0 aromatic carbocycles. The van der Waals surface area contributed by atoms with Gasteiger partial charge in [0.05, 0.1) is 77.7 Å². The SMILES string of the molecule is CC(=O)N[C@H]1CCC[C@@H]1C(=O)N[C@H]1CCC[C@@H]1C(=O)N[C@H]1CCC[C@@H]1C(=O)N[C@@H](CO)CC(=O)N[C@H]1CCC[C@@H]1C(=O)N[C@H]1CCC[C@@H]1C(=O)N[C@H]1CCC[C@@H]1C(=O)N[C@H]1CCC[C@@H]1C(=O)N[C@H]1CCC[C@@H]1C(=O)N[C@H]1CCC[C@@H]1C(=O)N[C@H]1CCC[C@@H]1C(=O)N[C@H]1CCC[C@@H]1C(N)=O. The van der Waals surface area contributed by atoms with E-state index in [1.807, 2.05) is 0 Å². The summed E-state index contributed by atoms with van der Waals surface area (Å²) in [5, 5.41) is 47.5. The second kappa shape index (κ2) is 33.7. The number of aliphatic hydroxyl groups excluding tert-OH is 1. The van der Waals surface area contributed by atoms with E-state index >= 15 is 0 Å². The van der Waals surface area contributed by atoms with Crippen LogP contribution in [0.3, 0.4) is 0 Å². The molecular weight excluding hydrogens is 1270 g/mol. The number of aliphatic hydroxyl groups is 1. The monoisotopic (exact) mass is 1380 g/mol. The maximum atomic E-state index is 14.2. The zero-order valence-corrected chi connectivity index (χ0v) is 57.9. The number of nitrogens with one attached hydrogen (secondary N) is 12. The number of primary amides is 1. The Balaban J connectivity index is 0.596. The van der Waals surface area contributed by atoms with Gasteiger partial charge in [-0.25, -0.2) is 0 Å². The molecule has 15 N–H and O–H groups in total. The molecule has 0 aromatic rings. The second-order valence-electron chi connectivity index (χ2n) is 31.4. The third-order valence-corrected chi connectivity index (χ3v) is 25.1. The van der Waals surface area contributed by atoms with Crippen molar-refractivity contribution >= 4 is 76.8 Å². The van der Waals surface area contributed by atoms with Crippen molar-refractivity contribution in [2.75, 3.05) is 6.61 Å². The van der Waals surface area contributed by atoms with E-state index in [0.717, 1.165) is 57.8 Å². The molecule has 0 aliphatic heterocycles. The number of hydrogen-bond acceptors (Lipinski definition) is 14. The summed E-state index contributed by atoms with van der Waals surface area (Å²) < 4.78 is 0. The molecular formula is C72H111N13O14. The number of nitrogens with two attached hydrogens (primary N) is 1. The van der Waals surface area contributed by atoms with Gasteiger partial charge >= 0.3 is 0 Å². The lowest BCUT2D eigenvalue weighted by molar-refractivity contribution is -0.133. The summed E-state index contributed by atoms with van der Waals surface area (Å²) in [6, 6.07) is -5.25. The first-order chi connectivity index (χ1) is 47.7. The Bertz CT molecular complexity index is 3010. The highest BCUT2D eigenvalue weighted by molar-refractivity contribution is 5.90. The van der Waals surface area contributed by atoms with Crippen LogP contribution in [-0.4, -0.2) is 161 Å². The largest absolute Gasteiger partial charge is 0.394 e. The van der Waals surface area contributed by atoms with Gasteiger partial charge in [0.1, 0.15) is 0 Å². The standard InChI is InChI=1S/C72H111N13O14/c1-37(87)74-51-25-3-14-40(51)64(91)79-55-29-7-18-44(55)67(94)78-53-27-5-16-42(53)63(90)75-38(36-86)35-61(88)76-52-26-4-15-41(52)65(92)80-56-30-8-19-45(56)68(95)82-58-32-10-21-47(58)70(97)84-60-34-12-23-49(60)72(99)85-59-33-11-22-48(59)71(98)83-57-31-9-20-46(57)69(96)81-54-28-6-17-43(54)66(93)77-50-24-2-13-39(50)62(73)89/h38-60,86H,2-36H2,1H3,(H2,73,89)(H,74,87)(H,75,90)(H,76,88)(H,77,93)(H,78,94)(H,79,91)(H,80,92)(H,81,96)(H,82,95)(H,83,98)(H,84,97)(H,85,99)/t38-,39+,40+,41+,42+,43+,44+,45+,46+,47+,48+,49+,50+,51+,52+,53+,54+,55+,56+,57+,58+,59+,60+/m1/s1. The van der Waals surface area contributed by atoms with E-state index in [1.165, 1.54) is 6.92 Å². The number of carbonyl (C=O) groups is 13. The lowest BCUT2D eigenvalue weighted by Gasteiger charge is -2.29. The van der Waals surface area contributed by atoms with Gasteiger partial charge < -0.3 is 74.6 Å². The van der Waals surface area contributed by atoms with E-state index in [0.29, 0.717) is 154 Å². The van der Waals surface area contributed by atoms with Gasteiger partial charge in [0.25, 0.3) is 0 Å². The van der Waals surface area contributed by atoms with Crippen LogP contribution in [0.5, 0.6) is 0 Å². The number of amides is 13. The molecule has 11 saturated carbocycles. The molecule has 548 valence electrons. The van der Waals surface area contributed by atoms with Gasteiger partial charge in [-0.2, -0.15) is 0 Å². The lowest BCUT2D eigenvalue weighted by atomic mass is 9.95. The smallest absolute Gasteiger partial charge is 0.225 e. The topological polar surface area (TPSA) is 413 Å². The molecule has 0 spiro atoms. The predicted molar refractivity (Wildman–Crippen MR) is 360 cm³/mol. The van der Waals surface area contributed by atoms with E-state index in [9.17, 15) is 67.4 Å². The van der Waals surface area contributed by atoms with Crippen LogP contribution in [0.15, 0.2) is 0 Å². The molecule has 11 rings (SSSR count). The third kappa shape index (κ3) is 17.9. The fraction of sp³-hybridized carbons (Fsp3) is 0.819. The zero-order valence-electron chi connectivity index (χ0n) is 57.9. The van der Waals surface area contributed by atoms with Crippen LogP contribution in [0.2, 0.25) is 0 Å². The zero-order chi connectivity index (χ0) is 70.0. The number of hydrogen-bond donors (Lipinski definition) is 14. The van der Waals surface area contributed by atoms with Crippen LogP contribution < -0.4 is 69.5 Å². The first kappa shape index (κ1) is 73.3. The van der Waals surface area contributed by atoms with Gasteiger partial charge in [-0.05, 0) is 141 Å². The Morgan fingerprint density at radius 1 is 0.273 bits per heavy atom. The van der Waals surface area contributed by atoms with Crippen LogP contribution in [0.25, 0.3) is 0 Å². The quantitative estimate of drug-likeness (QED) is 0.0584. The Kier molecular flexibility index (Phi) is 24.9. The summed E-state index contributed by atoms with van der Waals surface area (Å²) >= 11 is 0. The van der Waals surface area contributed by atoms with Gasteiger partial charge in [-0.1, -0.05) is 70.6 Å². The van der Waals surface area contributed by atoms with Crippen molar-refractivity contribution in [1.29, 1.82) is 0 Å². The Morgan fingerprint density at radius 2 is 0.455 bits per heavy atom. The minimum atomic E-state index is -0.921. The molecule has 99 heavy (non-hydrogen) atoms. The molecule has 23 atom stereocenters. The summed E-state index contributed by atoms with van der Waals surface area (Å²) in [5.74, 6) is -8.54. The van der Waals surface area contributed by atoms with Gasteiger partial charge in [-0.15, -0.1) is 0 Å². The highest BCUT2D eigenvalue weighted by Crippen LogP contribution is 2.38. The van der Waals surface area contributed by atoms with E-state index in [4.69, 9.17) is 5.73 Å². The minimum absolute atomic E-state index is 0.159. The van der Waals surface area contributed by atoms with Crippen LogP contribution in [-0.2, 0) is 62.3 Å². The van der Waals surface area contributed by atoms with Crippen molar-refractivity contribution in [3.8, 4) is 0 Å². The molecule has 11 aliphatic rings. The molecule has 0 unspecified atom stereocenters. The molecule has 11 fully saturated rings. The predicted octanol–water partition coefficient (Wildman–Crippen LogP) is 1.49. The van der Waals surface area contributed by atoms with E-state index < -0.39 is 114 Å². The maximum Gasteiger partial charge on any atom is 0.225 e. The molecule has 0 radical (unpaired) electrons. The van der Waals surface area contributed by atoms with Crippen molar-refractivity contribution in [2.45, 2.75) is 298 Å². The summed E-state index contributed by atoms with van der Waals surface area (Å²) in [7, 11) is 0. The Morgan fingerprint density at radius 3 is 0.657 bits per heavy atom. The molecule has 0 bridgehead atoms. The van der Waals surface area contributed by atoms with Gasteiger partial charge in [0.15, 0.2) is 0 Å². The second-order valence-corrected chi connectivity index (χ2v) is 31.4. The first-order valence-corrected chi connectivity index (χ1v) is 38.2. The van der Waals surface area contributed by atoms with Crippen LogP contribution in [0.4, 0.5) is 0 Å². The van der Waals surface area contributed by atoms with Crippen molar-refractivity contribution in [1.82, 2.24) is 63.8 Å². The molecule has 0 heterocycles. The summed E-state index contributed by atoms with van der Waals surface area (Å²) in [5.41, 5.74) is 5.61. The van der Waals surface area contributed by atoms with Crippen LogP contribution >= 0.6 is 0 Å². The minimum Gasteiger partial charge on any atom is -0.394 e. The molecule has 13 amide bonds. The average Bonchev–Trinajstić information content (AvgIpc) is 1.71. The van der Waals surface area contributed by atoms with Crippen LogP contribution in [0, 0.1) is 65.1 Å². The fourth-order valence-electron chi connectivity index (χ4n) is 19.8.